The summed E-state index contributed by atoms with van der Waals surface area (Å²) >= 11 is 5.96. The molecule has 3 aliphatic heterocycles. The Hall–Kier alpha value is -3.32. The van der Waals surface area contributed by atoms with Gasteiger partial charge in [-0.15, -0.1) is 0 Å². The zero-order chi connectivity index (χ0) is 21.0. The molecule has 2 aromatic rings. The number of rotatable bonds is 3. The predicted octanol–water partition coefficient (Wildman–Crippen LogP) is 3.44. The zero-order valence-electron chi connectivity index (χ0n) is 16.4. The molecular weight excluding hydrogens is 404 g/mol. The lowest BCUT2D eigenvalue weighted by Gasteiger charge is -2.39. The molecule has 0 N–H and O–H groups in total. The van der Waals surface area contributed by atoms with Crippen LogP contribution in [-0.2, 0) is 16.1 Å². The van der Waals surface area contributed by atoms with Gasteiger partial charge in [-0.3, -0.25) is 14.6 Å². The van der Waals surface area contributed by atoms with Crippen LogP contribution in [0, 0.1) is 6.92 Å². The van der Waals surface area contributed by atoms with Gasteiger partial charge in [0.05, 0.1) is 12.7 Å². The number of carbonyl (C=O) groups is 2. The summed E-state index contributed by atoms with van der Waals surface area (Å²) < 4.78 is 5.89. The number of ether oxygens (including phenoxy) is 1. The van der Waals surface area contributed by atoms with Gasteiger partial charge in [-0.05, 0) is 36.8 Å². The van der Waals surface area contributed by atoms with Crippen LogP contribution < -0.4 is 0 Å². The number of fused-ring (bicyclic) bond motifs is 3. The van der Waals surface area contributed by atoms with E-state index >= 15 is 0 Å². The van der Waals surface area contributed by atoms with E-state index in [1.807, 2.05) is 43.3 Å². The lowest BCUT2D eigenvalue weighted by molar-refractivity contribution is -0.137. The molecule has 0 bridgehead atoms. The second-order valence-corrected chi connectivity index (χ2v) is 8.02. The summed E-state index contributed by atoms with van der Waals surface area (Å²) in [5.74, 6) is 0.293. The van der Waals surface area contributed by atoms with E-state index in [0.717, 1.165) is 16.7 Å². The highest BCUT2D eigenvalue weighted by Gasteiger charge is 2.54. The smallest absolute Gasteiger partial charge is 0.328 e. The van der Waals surface area contributed by atoms with E-state index in [1.165, 1.54) is 9.80 Å². The van der Waals surface area contributed by atoms with E-state index in [-0.39, 0.29) is 18.5 Å². The second-order valence-electron chi connectivity index (χ2n) is 7.58. The van der Waals surface area contributed by atoms with E-state index in [9.17, 15) is 9.59 Å². The molecule has 152 valence electrons. The van der Waals surface area contributed by atoms with E-state index in [4.69, 9.17) is 16.3 Å². The number of aliphatic imine (C=N–C) groups is 1. The Bertz CT molecular complexity index is 1090. The first kappa shape index (κ1) is 18.7. The summed E-state index contributed by atoms with van der Waals surface area (Å²) in [6, 6.07) is 14.3. The third kappa shape index (κ3) is 2.93. The Balaban J connectivity index is 1.43. The van der Waals surface area contributed by atoms with Gasteiger partial charge >= 0.3 is 6.03 Å². The van der Waals surface area contributed by atoms with Crippen molar-refractivity contribution in [2.24, 2.45) is 4.99 Å². The topological polar surface area (TPSA) is 65.5 Å². The highest BCUT2D eigenvalue weighted by Crippen LogP contribution is 2.35. The van der Waals surface area contributed by atoms with Gasteiger partial charge in [-0.1, -0.05) is 41.4 Å². The molecule has 0 radical (unpaired) electrons. The summed E-state index contributed by atoms with van der Waals surface area (Å²) in [6.07, 6.45) is 1.15. The van der Waals surface area contributed by atoms with Gasteiger partial charge in [0.2, 0.25) is 0 Å². The van der Waals surface area contributed by atoms with E-state index in [0.29, 0.717) is 16.8 Å². The van der Waals surface area contributed by atoms with Gasteiger partial charge in [0.25, 0.3) is 11.9 Å². The van der Waals surface area contributed by atoms with Crippen molar-refractivity contribution in [1.29, 1.82) is 0 Å². The molecule has 2 unspecified atom stereocenters. The molecule has 30 heavy (non-hydrogen) atoms. The van der Waals surface area contributed by atoms with Crippen LogP contribution >= 0.6 is 11.6 Å². The molecule has 0 spiro atoms. The number of halogens is 1. The van der Waals surface area contributed by atoms with Crippen LogP contribution in [0.4, 0.5) is 4.79 Å². The fourth-order valence-corrected chi connectivity index (χ4v) is 3.98. The van der Waals surface area contributed by atoms with Gasteiger partial charge in [0, 0.05) is 17.6 Å². The standard InChI is InChI=1S/C22H19ClN4O3/c1-13-3-5-14(6-4-13)11-27-20(28)18-19(25(2)22(27)29)24-21-26(18)12-17(30-21)15-7-9-16(23)10-8-15/h3-10,12,18-19H,11H2,1-2H3. The highest BCUT2D eigenvalue weighted by molar-refractivity contribution is 6.30. The van der Waals surface area contributed by atoms with Crippen LogP contribution in [0.25, 0.3) is 5.76 Å². The summed E-state index contributed by atoms with van der Waals surface area (Å²) in [5.41, 5.74) is 2.84. The number of hydrogen-bond donors (Lipinski definition) is 0. The molecule has 7 nitrogen and oxygen atoms in total. The van der Waals surface area contributed by atoms with Gasteiger partial charge in [0.1, 0.15) is 0 Å². The summed E-state index contributed by atoms with van der Waals surface area (Å²) in [6.45, 7) is 2.21. The number of hydrogen-bond acceptors (Lipinski definition) is 5. The molecule has 2 aromatic carbocycles. The quantitative estimate of drug-likeness (QED) is 0.760. The predicted molar refractivity (Wildman–Crippen MR) is 112 cm³/mol. The molecule has 1 saturated heterocycles. The molecule has 8 heteroatoms. The summed E-state index contributed by atoms with van der Waals surface area (Å²) in [4.78, 5) is 35.2. The largest absolute Gasteiger partial charge is 0.423 e. The minimum atomic E-state index is -0.655. The zero-order valence-corrected chi connectivity index (χ0v) is 17.2. The first-order chi connectivity index (χ1) is 14.4. The first-order valence-corrected chi connectivity index (χ1v) is 9.95. The number of likely N-dealkylation sites (N-methyl/N-ethyl adjacent to an activating group) is 1. The first-order valence-electron chi connectivity index (χ1n) is 9.58. The maximum absolute atomic E-state index is 13.3. The van der Waals surface area contributed by atoms with Crippen molar-refractivity contribution in [2.45, 2.75) is 25.7 Å². The van der Waals surface area contributed by atoms with Gasteiger partial charge in [-0.25, -0.2) is 9.79 Å². The van der Waals surface area contributed by atoms with E-state index < -0.39 is 12.2 Å². The average Bonchev–Trinajstić information content (AvgIpc) is 3.30. The molecule has 1 fully saturated rings. The normalized spacial score (nSPS) is 22.6. The molecule has 3 aliphatic rings. The van der Waals surface area contributed by atoms with E-state index in [1.54, 1.807) is 30.3 Å². The van der Waals surface area contributed by atoms with Crippen LogP contribution in [0.3, 0.4) is 0 Å². The van der Waals surface area contributed by atoms with Crippen LogP contribution in [-0.4, -0.2) is 51.9 Å². The molecule has 0 aromatic heterocycles. The Morgan fingerprint density at radius 2 is 1.77 bits per heavy atom. The maximum Gasteiger partial charge on any atom is 0.328 e. The minimum absolute atomic E-state index is 0.212. The Kier molecular flexibility index (Phi) is 4.29. The van der Waals surface area contributed by atoms with Crippen molar-refractivity contribution in [1.82, 2.24) is 14.7 Å². The fraction of sp³-hybridized carbons (Fsp3) is 0.227. The molecule has 0 aliphatic carbocycles. The minimum Gasteiger partial charge on any atom is -0.423 e. The van der Waals surface area contributed by atoms with Crippen LogP contribution in [0.1, 0.15) is 16.7 Å². The number of benzene rings is 2. The highest BCUT2D eigenvalue weighted by atomic mass is 35.5. The number of urea groups is 1. The van der Waals surface area contributed by atoms with Crippen molar-refractivity contribution in [3.63, 3.8) is 0 Å². The maximum atomic E-state index is 13.3. The lowest BCUT2D eigenvalue weighted by atomic mass is 10.1. The van der Waals surface area contributed by atoms with Gasteiger partial charge < -0.3 is 9.64 Å². The number of carbonyl (C=O) groups excluding carboxylic acids is 2. The van der Waals surface area contributed by atoms with Crippen molar-refractivity contribution in [2.75, 3.05) is 7.05 Å². The third-order valence-electron chi connectivity index (χ3n) is 5.54. The molecular formula is C22H19ClN4O3. The number of amidine groups is 1. The Morgan fingerprint density at radius 1 is 1.07 bits per heavy atom. The van der Waals surface area contributed by atoms with Crippen LogP contribution in [0.15, 0.2) is 59.7 Å². The van der Waals surface area contributed by atoms with Crippen molar-refractivity contribution in [3.8, 4) is 0 Å². The van der Waals surface area contributed by atoms with Crippen molar-refractivity contribution < 1.29 is 14.3 Å². The Morgan fingerprint density at radius 3 is 2.47 bits per heavy atom. The number of aryl methyl sites for hydroxylation is 1. The van der Waals surface area contributed by atoms with E-state index in [2.05, 4.69) is 4.99 Å². The lowest BCUT2D eigenvalue weighted by Crippen LogP contribution is -2.63. The summed E-state index contributed by atoms with van der Waals surface area (Å²) in [7, 11) is 1.66. The fourth-order valence-electron chi connectivity index (χ4n) is 3.85. The van der Waals surface area contributed by atoms with Crippen LogP contribution in [0.5, 0.6) is 0 Å². The number of imide groups is 1. The van der Waals surface area contributed by atoms with Gasteiger partial charge in [0.15, 0.2) is 18.0 Å². The average molecular weight is 423 g/mol. The van der Waals surface area contributed by atoms with Crippen molar-refractivity contribution in [3.05, 3.63) is 76.4 Å². The Labute approximate surface area is 178 Å². The molecule has 3 amide bonds. The van der Waals surface area contributed by atoms with Gasteiger partial charge in [-0.2, -0.15) is 0 Å². The molecule has 5 rings (SSSR count). The third-order valence-corrected chi connectivity index (χ3v) is 5.79. The SMILES string of the molecule is Cc1ccc(CN2C(=O)C3C(N=C4OC(c5ccc(Cl)cc5)=CN43)N(C)C2=O)cc1. The number of nitrogens with zero attached hydrogens (tertiary/aromatic N) is 4. The monoisotopic (exact) mass is 422 g/mol. The number of amides is 3. The molecule has 0 saturated carbocycles. The molecule has 2 atom stereocenters. The molecule has 3 heterocycles. The summed E-state index contributed by atoms with van der Waals surface area (Å²) in [5, 5.41) is 0.629. The van der Waals surface area contributed by atoms with Crippen molar-refractivity contribution >= 4 is 35.3 Å². The second kappa shape index (κ2) is 6.88. The van der Waals surface area contributed by atoms with Crippen LogP contribution in [0.2, 0.25) is 5.02 Å².